The van der Waals surface area contributed by atoms with E-state index in [1.807, 2.05) is 0 Å². The average Bonchev–Trinajstić information content (AvgIpc) is 2.16. The Bertz CT molecular complexity index is 403. The van der Waals surface area contributed by atoms with E-state index in [0.717, 1.165) is 0 Å². The molecule has 0 fully saturated rings. The monoisotopic (exact) mass is 192 g/mol. The molecule has 2 heterocycles. The molecule has 0 bridgehead atoms. The molecule has 14 heavy (non-hydrogen) atoms. The van der Waals surface area contributed by atoms with E-state index in [2.05, 4.69) is 10.3 Å². The summed E-state index contributed by atoms with van der Waals surface area (Å²) < 4.78 is 0. The number of nitrogens with zero attached hydrogens (tertiary/aromatic N) is 1. The SMILES string of the molecule is O=C1CC(C(=O)O)c2cccnc2N1. The third kappa shape index (κ3) is 1.32. The van der Waals surface area contributed by atoms with Crippen LogP contribution in [0.5, 0.6) is 0 Å². The highest BCUT2D eigenvalue weighted by atomic mass is 16.4. The number of aromatic nitrogens is 1. The van der Waals surface area contributed by atoms with Crippen LogP contribution in [-0.2, 0) is 9.59 Å². The molecule has 2 N–H and O–H groups in total. The topological polar surface area (TPSA) is 79.3 Å². The van der Waals surface area contributed by atoms with Crippen LogP contribution >= 0.6 is 0 Å². The largest absolute Gasteiger partial charge is 0.481 e. The molecule has 0 aliphatic carbocycles. The number of anilines is 1. The maximum Gasteiger partial charge on any atom is 0.311 e. The van der Waals surface area contributed by atoms with Gasteiger partial charge >= 0.3 is 5.97 Å². The summed E-state index contributed by atoms with van der Waals surface area (Å²) in [5.74, 6) is -1.71. The number of rotatable bonds is 1. The van der Waals surface area contributed by atoms with Crippen LogP contribution in [-0.4, -0.2) is 22.0 Å². The van der Waals surface area contributed by atoms with Gasteiger partial charge in [-0.25, -0.2) is 4.98 Å². The molecule has 1 aliphatic heterocycles. The number of carbonyl (C=O) groups excluding carboxylic acids is 1. The second-order valence-corrected chi connectivity index (χ2v) is 3.08. The fourth-order valence-corrected chi connectivity index (χ4v) is 1.50. The summed E-state index contributed by atoms with van der Waals surface area (Å²) in [4.78, 5) is 25.9. The zero-order chi connectivity index (χ0) is 10.1. The summed E-state index contributed by atoms with van der Waals surface area (Å²) in [5.41, 5.74) is 0.569. The fourth-order valence-electron chi connectivity index (χ4n) is 1.50. The van der Waals surface area contributed by atoms with Gasteiger partial charge in [0, 0.05) is 18.2 Å². The number of hydrogen-bond acceptors (Lipinski definition) is 3. The van der Waals surface area contributed by atoms with Crippen LogP contribution in [0.4, 0.5) is 5.82 Å². The van der Waals surface area contributed by atoms with E-state index in [9.17, 15) is 9.59 Å². The molecule has 1 atom stereocenters. The van der Waals surface area contributed by atoms with Crippen LogP contribution < -0.4 is 5.32 Å². The highest BCUT2D eigenvalue weighted by Gasteiger charge is 2.30. The number of carboxylic acids is 1. The van der Waals surface area contributed by atoms with Crippen LogP contribution in [0.1, 0.15) is 17.9 Å². The summed E-state index contributed by atoms with van der Waals surface area (Å²) >= 11 is 0. The standard InChI is InChI=1S/C9H8N2O3/c12-7-4-6(9(13)14)5-2-1-3-10-8(5)11-7/h1-3,6H,4H2,(H,13,14)(H,10,11,12). The summed E-state index contributed by atoms with van der Waals surface area (Å²) in [5, 5.41) is 11.4. The summed E-state index contributed by atoms with van der Waals surface area (Å²) in [6, 6.07) is 3.33. The van der Waals surface area contributed by atoms with Gasteiger partial charge in [-0.15, -0.1) is 0 Å². The first-order valence-electron chi connectivity index (χ1n) is 4.16. The van der Waals surface area contributed by atoms with E-state index in [1.165, 1.54) is 6.20 Å². The summed E-state index contributed by atoms with van der Waals surface area (Å²) in [6.45, 7) is 0. The van der Waals surface area contributed by atoms with Crippen molar-refractivity contribution >= 4 is 17.7 Å². The Morgan fingerprint density at radius 3 is 3.14 bits per heavy atom. The Balaban J connectivity index is 2.48. The third-order valence-electron chi connectivity index (χ3n) is 2.16. The molecule has 1 aromatic heterocycles. The Morgan fingerprint density at radius 2 is 2.43 bits per heavy atom. The van der Waals surface area contributed by atoms with Crippen molar-refractivity contribution in [2.45, 2.75) is 12.3 Å². The highest BCUT2D eigenvalue weighted by Crippen LogP contribution is 2.30. The van der Waals surface area contributed by atoms with Crippen molar-refractivity contribution < 1.29 is 14.7 Å². The Hall–Kier alpha value is -1.91. The Morgan fingerprint density at radius 1 is 1.64 bits per heavy atom. The van der Waals surface area contributed by atoms with E-state index in [1.54, 1.807) is 12.1 Å². The maximum absolute atomic E-state index is 11.1. The lowest BCUT2D eigenvalue weighted by molar-refractivity contribution is -0.140. The van der Waals surface area contributed by atoms with Gasteiger partial charge in [-0.3, -0.25) is 9.59 Å². The summed E-state index contributed by atoms with van der Waals surface area (Å²) in [6.07, 6.45) is 1.50. The van der Waals surface area contributed by atoms with Crippen molar-refractivity contribution in [3.05, 3.63) is 23.9 Å². The van der Waals surface area contributed by atoms with E-state index < -0.39 is 11.9 Å². The fraction of sp³-hybridized carbons (Fsp3) is 0.222. The number of fused-ring (bicyclic) bond motifs is 1. The minimum atomic E-state index is -0.992. The second-order valence-electron chi connectivity index (χ2n) is 3.08. The van der Waals surface area contributed by atoms with E-state index in [4.69, 9.17) is 5.11 Å². The molecule has 1 amide bonds. The molecule has 5 heteroatoms. The third-order valence-corrected chi connectivity index (χ3v) is 2.16. The van der Waals surface area contributed by atoms with Gasteiger partial charge in [-0.1, -0.05) is 6.07 Å². The van der Waals surface area contributed by atoms with Crippen molar-refractivity contribution in [3.63, 3.8) is 0 Å². The van der Waals surface area contributed by atoms with Crippen molar-refractivity contribution in [3.8, 4) is 0 Å². The smallest absolute Gasteiger partial charge is 0.311 e. The van der Waals surface area contributed by atoms with Gasteiger partial charge in [0.15, 0.2) is 0 Å². The van der Waals surface area contributed by atoms with Crippen molar-refractivity contribution in [2.75, 3.05) is 5.32 Å². The number of aliphatic carboxylic acids is 1. The first-order chi connectivity index (χ1) is 6.68. The molecule has 2 rings (SSSR count). The minimum Gasteiger partial charge on any atom is -0.481 e. The molecule has 1 aromatic rings. The van der Waals surface area contributed by atoms with Crippen molar-refractivity contribution in [2.24, 2.45) is 0 Å². The van der Waals surface area contributed by atoms with Gasteiger partial charge < -0.3 is 10.4 Å². The zero-order valence-corrected chi connectivity index (χ0v) is 7.23. The zero-order valence-electron chi connectivity index (χ0n) is 7.23. The number of carboxylic acid groups (broad SMARTS) is 1. The Kier molecular flexibility index (Phi) is 1.92. The molecular formula is C9H8N2O3. The first-order valence-corrected chi connectivity index (χ1v) is 4.16. The molecule has 1 aliphatic rings. The molecule has 1 unspecified atom stereocenters. The first kappa shape index (κ1) is 8.68. The quantitative estimate of drug-likeness (QED) is 0.682. The normalized spacial score (nSPS) is 19.7. The number of nitrogens with one attached hydrogen (secondary N) is 1. The minimum absolute atomic E-state index is 0.0198. The van der Waals surface area contributed by atoms with E-state index in [0.29, 0.717) is 11.4 Å². The lowest BCUT2D eigenvalue weighted by Crippen LogP contribution is -2.27. The van der Waals surface area contributed by atoms with Gasteiger partial charge in [0.25, 0.3) is 0 Å². The molecule has 0 saturated heterocycles. The lowest BCUT2D eigenvalue weighted by atomic mass is 9.93. The predicted octanol–water partition coefficient (Wildman–Crippen LogP) is 0.592. The molecule has 0 saturated carbocycles. The molecule has 5 nitrogen and oxygen atoms in total. The van der Waals surface area contributed by atoms with Gasteiger partial charge in [0.2, 0.25) is 5.91 Å². The van der Waals surface area contributed by atoms with Crippen LogP contribution in [0, 0.1) is 0 Å². The number of carbonyl (C=O) groups is 2. The van der Waals surface area contributed by atoms with Gasteiger partial charge in [-0.05, 0) is 6.07 Å². The van der Waals surface area contributed by atoms with Crippen LogP contribution in [0.15, 0.2) is 18.3 Å². The van der Waals surface area contributed by atoms with Crippen LogP contribution in [0.2, 0.25) is 0 Å². The van der Waals surface area contributed by atoms with Crippen molar-refractivity contribution in [1.29, 1.82) is 0 Å². The number of amides is 1. The van der Waals surface area contributed by atoms with Gasteiger partial charge in [-0.2, -0.15) is 0 Å². The average molecular weight is 192 g/mol. The molecule has 0 radical (unpaired) electrons. The maximum atomic E-state index is 11.1. The predicted molar refractivity (Wildman–Crippen MR) is 47.9 cm³/mol. The molecular weight excluding hydrogens is 184 g/mol. The highest BCUT2D eigenvalue weighted by molar-refractivity contribution is 5.98. The van der Waals surface area contributed by atoms with E-state index >= 15 is 0 Å². The molecule has 72 valence electrons. The number of pyridine rings is 1. The van der Waals surface area contributed by atoms with Gasteiger partial charge in [0.1, 0.15) is 5.82 Å². The summed E-state index contributed by atoms with van der Waals surface area (Å²) in [7, 11) is 0. The van der Waals surface area contributed by atoms with Crippen LogP contribution in [0.25, 0.3) is 0 Å². The number of hydrogen-bond donors (Lipinski definition) is 2. The van der Waals surface area contributed by atoms with Gasteiger partial charge in [0.05, 0.1) is 5.92 Å². The Labute approximate surface area is 79.8 Å². The molecule has 0 aromatic carbocycles. The lowest BCUT2D eigenvalue weighted by Gasteiger charge is -2.20. The van der Waals surface area contributed by atoms with E-state index in [-0.39, 0.29) is 12.3 Å². The molecule has 0 spiro atoms. The van der Waals surface area contributed by atoms with Crippen molar-refractivity contribution in [1.82, 2.24) is 4.98 Å². The van der Waals surface area contributed by atoms with Crippen LogP contribution in [0.3, 0.4) is 0 Å². The second kappa shape index (κ2) is 3.10.